The van der Waals surface area contributed by atoms with Crippen molar-refractivity contribution >= 4 is 7.64 Å². The predicted octanol–water partition coefficient (Wildman–Crippen LogP) is 2.22. The van der Waals surface area contributed by atoms with Gasteiger partial charge in [0.2, 0.25) is 0 Å². The SMILES string of the molecule is [B]=NOc1ccc(C(CC)C(C)O)cc1OC. The molecule has 4 nitrogen and oxygen atoms in total. The molecule has 0 heterocycles. The Morgan fingerprint density at radius 2 is 2.12 bits per heavy atom. The van der Waals surface area contributed by atoms with E-state index in [2.05, 4.69) is 5.06 Å². The van der Waals surface area contributed by atoms with Gasteiger partial charge in [0.1, 0.15) is 0 Å². The molecule has 0 saturated carbocycles. The number of nitrogens with zero attached hydrogens (tertiary/aromatic N) is 1. The fourth-order valence-corrected chi connectivity index (χ4v) is 1.90. The topological polar surface area (TPSA) is 51.0 Å². The molecule has 91 valence electrons. The Balaban J connectivity index is 3.07. The number of hydrogen-bond acceptors (Lipinski definition) is 4. The Bertz CT molecular complexity index is 382. The number of rotatable bonds is 6. The van der Waals surface area contributed by atoms with Crippen LogP contribution in [0.25, 0.3) is 0 Å². The van der Waals surface area contributed by atoms with Crippen LogP contribution in [-0.2, 0) is 0 Å². The van der Waals surface area contributed by atoms with Crippen LogP contribution in [0.3, 0.4) is 0 Å². The third-order valence-electron chi connectivity index (χ3n) is 2.79. The summed E-state index contributed by atoms with van der Waals surface area (Å²) < 4.78 is 5.19. The standard InChI is InChI=1S/C12H17BNO3/c1-4-10(8(2)15)9-5-6-11(17-14-13)12(7-9)16-3/h5-8,10,15H,4H2,1-3H3. The van der Waals surface area contributed by atoms with E-state index in [1.807, 2.05) is 19.1 Å². The molecule has 1 rings (SSSR count). The van der Waals surface area contributed by atoms with Gasteiger partial charge in [-0.05, 0) is 0 Å². The van der Waals surface area contributed by atoms with Crippen LogP contribution < -0.4 is 9.57 Å². The Hall–Kier alpha value is -1.36. The van der Waals surface area contributed by atoms with Crippen molar-refractivity contribution in [1.29, 1.82) is 0 Å². The van der Waals surface area contributed by atoms with E-state index in [4.69, 9.17) is 17.2 Å². The van der Waals surface area contributed by atoms with Gasteiger partial charge in [0.25, 0.3) is 0 Å². The van der Waals surface area contributed by atoms with Crippen molar-refractivity contribution < 1.29 is 14.7 Å². The molecule has 17 heavy (non-hydrogen) atoms. The van der Waals surface area contributed by atoms with Crippen molar-refractivity contribution in [2.45, 2.75) is 32.3 Å². The van der Waals surface area contributed by atoms with E-state index < -0.39 is 6.10 Å². The Labute approximate surface area is 103 Å². The molecule has 0 aliphatic heterocycles. The third-order valence-corrected chi connectivity index (χ3v) is 2.79. The fraction of sp³-hybridized carbons (Fsp3) is 0.500. The van der Waals surface area contributed by atoms with Crippen molar-refractivity contribution in [2.75, 3.05) is 7.11 Å². The van der Waals surface area contributed by atoms with Crippen molar-refractivity contribution in [3.63, 3.8) is 0 Å². The molecule has 0 saturated heterocycles. The first-order chi connectivity index (χ1) is 8.13. The van der Waals surface area contributed by atoms with E-state index >= 15 is 0 Å². The molecular formula is C12H17BNO3. The van der Waals surface area contributed by atoms with Crippen LogP contribution in [0, 0.1) is 0 Å². The fourth-order valence-electron chi connectivity index (χ4n) is 1.90. The van der Waals surface area contributed by atoms with Crippen molar-refractivity contribution in [1.82, 2.24) is 0 Å². The number of methoxy groups -OCH3 is 1. The quantitative estimate of drug-likeness (QED) is 0.606. The Kier molecular flexibility index (Phi) is 5.16. The molecule has 5 heteroatoms. The molecule has 0 bridgehead atoms. The number of ether oxygens (including phenoxy) is 1. The van der Waals surface area contributed by atoms with Crippen LogP contribution in [0.15, 0.2) is 23.3 Å². The molecule has 0 fully saturated rings. The van der Waals surface area contributed by atoms with Crippen LogP contribution in [0.5, 0.6) is 11.5 Å². The van der Waals surface area contributed by atoms with Gasteiger partial charge < -0.3 is 0 Å². The molecule has 1 radical (unpaired) electrons. The average Bonchev–Trinajstić information content (AvgIpc) is 2.31. The summed E-state index contributed by atoms with van der Waals surface area (Å²) >= 11 is 0. The van der Waals surface area contributed by atoms with Gasteiger partial charge >= 0.3 is 102 Å². The van der Waals surface area contributed by atoms with Crippen molar-refractivity contribution in [3.05, 3.63) is 23.8 Å². The summed E-state index contributed by atoms with van der Waals surface area (Å²) in [6.07, 6.45) is 0.443. The molecule has 0 amide bonds. The molecule has 2 unspecified atom stereocenters. The van der Waals surface area contributed by atoms with Gasteiger partial charge in [-0.25, -0.2) is 0 Å². The van der Waals surface area contributed by atoms with E-state index in [9.17, 15) is 5.11 Å². The van der Waals surface area contributed by atoms with E-state index in [0.717, 1.165) is 12.0 Å². The van der Waals surface area contributed by atoms with Crippen molar-refractivity contribution in [3.8, 4) is 11.5 Å². The van der Waals surface area contributed by atoms with Gasteiger partial charge in [0.05, 0.1) is 0 Å². The maximum atomic E-state index is 9.69. The first kappa shape index (κ1) is 13.7. The third kappa shape index (κ3) is 3.30. The van der Waals surface area contributed by atoms with Gasteiger partial charge in [-0.3, -0.25) is 0 Å². The Morgan fingerprint density at radius 1 is 1.41 bits per heavy atom. The summed E-state index contributed by atoms with van der Waals surface area (Å²) in [6, 6.07) is 5.45. The van der Waals surface area contributed by atoms with Gasteiger partial charge in [-0.15, -0.1) is 0 Å². The van der Waals surface area contributed by atoms with Gasteiger partial charge in [0, 0.05) is 0 Å². The molecule has 2 atom stereocenters. The zero-order chi connectivity index (χ0) is 12.8. The second-order valence-electron chi connectivity index (χ2n) is 3.86. The number of hydrogen-bond donors (Lipinski definition) is 1. The molecule has 1 aromatic rings. The number of aliphatic hydroxyl groups is 1. The van der Waals surface area contributed by atoms with Gasteiger partial charge in [-0.1, -0.05) is 0 Å². The van der Waals surface area contributed by atoms with Crippen LogP contribution in [-0.4, -0.2) is 26.0 Å². The summed E-state index contributed by atoms with van der Waals surface area (Å²) in [4.78, 5) is 4.87. The van der Waals surface area contributed by atoms with E-state index in [1.54, 1.807) is 20.1 Å². The number of benzene rings is 1. The molecule has 0 aromatic heterocycles. The second kappa shape index (κ2) is 6.40. The summed E-state index contributed by atoms with van der Waals surface area (Å²) in [7, 11) is 6.51. The minimum absolute atomic E-state index is 0.0766. The maximum absolute atomic E-state index is 9.69. The number of aliphatic hydroxyl groups excluding tert-OH is 1. The normalized spacial score (nSPS) is 13.8. The molecule has 0 aliphatic rings. The van der Waals surface area contributed by atoms with Crippen LogP contribution in [0.4, 0.5) is 0 Å². The average molecular weight is 234 g/mol. The van der Waals surface area contributed by atoms with E-state index in [-0.39, 0.29) is 5.92 Å². The minimum atomic E-state index is -0.407. The predicted molar refractivity (Wildman–Crippen MR) is 66.5 cm³/mol. The van der Waals surface area contributed by atoms with Gasteiger partial charge in [-0.2, -0.15) is 0 Å². The summed E-state index contributed by atoms with van der Waals surface area (Å²) in [5, 5.41) is 12.8. The summed E-state index contributed by atoms with van der Waals surface area (Å²) in [6.45, 7) is 3.81. The molecular weight excluding hydrogens is 217 g/mol. The van der Waals surface area contributed by atoms with Crippen LogP contribution in [0.1, 0.15) is 31.7 Å². The molecule has 1 N–H and O–H groups in total. The van der Waals surface area contributed by atoms with Crippen LogP contribution in [0.2, 0.25) is 0 Å². The molecule has 1 aromatic carbocycles. The zero-order valence-electron chi connectivity index (χ0n) is 10.4. The second-order valence-corrected chi connectivity index (χ2v) is 3.86. The van der Waals surface area contributed by atoms with E-state index in [1.165, 1.54) is 0 Å². The zero-order valence-corrected chi connectivity index (χ0v) is 10.4. The first-order valence-corrected chi connectivity index (χ1v) is 5.57. The summed E-state index contributed by atoms with van der Waals surface area (Å²) in [5.74, 6) is 1.09. The molecule has 0 aliphatic carbocycles. The van der Waals surface area contributed by atoms with Crippen LogP contribution >= 0.6 is 0 Å². The van der Waals surface area contributed by atoms with E-state index in [0.29, 0.717) is 11.5 Å². The first-order valence-electron chi connectivity index (χ1n) is 5.57. The monoisotopic (exact) mass is 234 g/mol. The summed E-state index contributed by atoms with van der Waals surface area (Å²) in [5.41, 5.74) is 1.00. The molecule has 0 spiro atoms. The van der Waals surface area contributed by atoms with Gasteiger partial charge in [0.15, 0.2) is 0 Å². The van der Waals surface area contributed by atoms with Crippen molar-refractivity contribution in [2.24, 2.45) is 5.06 Å². The Morgan fingerprint density at radius 3 is 2.59 bits per heavy atom.